The number of benzene rings is 2. The molecule has 7 heteroatoms. The third kappa shape index (κ3) is 3.49. The normalized spacial score (nSPS) is 11.7. The fraction of sp³-hybridized carbons (Fsp3) is 0.167. The van der Waals surface area contributed by atoms with Gasteiger partial charge in [-0.3, -0.25) is 4.79 Å². The van der Waals surface area contributed by atoms with Gasteiger partial charge in [-0.15, -0.1) is 0 Å². The number of hydrogen-bond acceptors (Lipinski definition) is 2. The maximum atomic E-state index is 12.9. The number of ketones is 1. The third-order valence-electron chi connectivity index (χ3n) is 3.91. The highest BCUT2D eigenvalue weighted by atomic mass is 35.5. The Kier molecular flexibility index (Phi) is 4.47. The molecular formula is C18H13ClF3NO2. The summed E-state index contributed by atoms with van der Waals surface area (Å²) in [5.41, 5.74) is 0.494. The number of ether oxygens (including phenoxy) is 1. The molecule has 0 saturated carbocycles. The molecule has 3 rings (SSSR count). The summed E-state index contributed by atoms with van der Waals surface area (Å²) in [5, 5.41) is 0.711. The summed E-state index contributed by atoms with van der Waals surface area (Å²) in [6.45, 7) is 0. The maximum Gasteiger partial charge on any atom is 0.416 e. The van der Waals surface area contributed by atoms with E-state index in [2.05, 4.69) is 4.98 Å². The SMILES string of the molecule is COc1cc(Cl)ccc1CC(=O)c1c[nH]c2ccc(C(F)(F)F)cc12. The van der Waals surface area contributed by atoms with Gasteiger partial charge in [0.25, 0.3) is 0 Å². The number of aromatic amines is 1. The van der Waals surface area contributed by atoms with Crippen LogP contribution in [0.2, 0.25) is 5.02 Å². The molecule has 2 aromatic carbocycles. The number of halogens is 4. The molecule has 0 aliphatic carbocycles. The Balaban J connectivity index is 1.97. The second-order valence-electron chi connectivity index (χ2n) is 5.52. The lowest BCUT2D eigenvalue weighted by atomic mass is 10.0. The molecule has 3 nitrogen and oxygen atoms in total. The van der Waals surface area contributed by atoms with Crippen molar-refractivity contribution in [2.75, 3.05) is 7.11 Å². The zero-order valence-electron chi connectivity index (χ0n) is 13.1. The van der Waals surface area contributed by atoms with Crippen LogP contribution in [0.4, 0.5) is 13.2 Å². The minimum absolute atomic E-state index is 0.0104. The van der Waals surface area contributed by atoms with Gasteiger partial charge in [-0.2, -0.15) is 13.2 Å². The maximum absolute atomic E-state index is 12.9. The number of nitrogens with one attached hydrogen (secondary N) is 1. The van der Waals surface area contributed by atoms with Gasteiger partial charge >= 0.3 is 6.18 Å². The van der Waals surface area contributed by atoms with Crippen LogP contribution in [0, 0.1) is 0 Å². The van der Waals surface area contributed by atoms with Crippen LogP contribution in [-0.2, 0) is 12.6 Å². The van der Waals surface area contributed by atoms with Gasteiger partial charge < -0.3 is 9.72 Å². The van der Waals surface area contributed by atoms with E-state index >= 15 is 0 Å². The lowest BCUT2D eigenvalue weighted by molar-refractivity contribution is -0.137. The summed E-state index contributed by atoms with van der Waals surface area (Å²) in [7, 11) is 1.46. The lowest BCUT2D eigenvalue weighted by Gasteiger charge is -2.09. The summed E-state index contributed by atoms with van der Waals surface area (Å²) in [4.78, 5) is 15.4. The fourth-order valence-electron chi connectivity index (χ4n) is 2.66. The third-order valence-corrected chi connectivity index (χ3v) is 4.14. The number of aromatic nitrogens is 1. The lowest BCUT2D eigenvalue weighted by Crippen LogP contribution is -2.06. The molecule has 0 aliphatic heterocycles. The van der Waals surface area contributed by atoms with Gasteiger partial charge in [-0.25, -0.2) is 0 Å². The molecule has 1 heterocycles. The molecule has 3 aromatic rings. The van der Waals surface area contributed by atoms with Gasteiger partial charge in [-0.1, -0.05) is 17.7 Å². The molecular weight excluding hydrogens is 355 g/mol. The first kappa shape index (κ1) is 17.4. The van der Waals surface area contributed by atoms with E-state index in [1.807, 2.05) is 0 Å². The number of rotatable bonds is 4. The summed E-state index contributed by atoms with van der Waals surface area (Å²) in [6, 6.07) is 8.16. The van der Waals surface area contributed by atoms with Crippen molar-refractivity contribution in [1.29, 1.82) is 0 Å². The first-order chi connectivity index (χ1) is 11.8. The smallest absolute Gasteiger partial charge is 0.416 e. The van der Waals surface area contributed by atoms with E-state index in [0.717, 1.165) is 12.1 Å². The van der Waals surface area contributed by atoms with E-state index in [4.69, 9.17) is 16.3 Å². The van der Waals surface area contributed by atoms with Crippen molar-refractivity contribution in [3.8, 4) is 5.75 Å². The van der Waals surface area contributed by atoms with Gasteiger partial charge in [0, 0.05) is 39.7 Å². The van der Waals surface area contributed by atoms with Gasteiger partial charge in [-0.05, 0) is 30.3 Å². The standard InChI is InChI=1S/C18H13ClF3NO2/c1-25-17-8-12(19)4-2-10(17)6-16(24)14-9-23-15-5-3-11(7-13(14)15)18(20,21)22/h2-5,7-9,23H,6H2,1H3. The highest BCUT2D eigenvalue weighted by Crippen LogP contribution is 2.33. The minimum Gasteiger partial charge on any atom is -0.496 e. The fourth-order valence-corrected chi connectivity index (χ4v) is 2.82. The van der Waals surface area contributed by atoms with Crippen LogP contribution in [-0.4, -0.2) is 17.9 Å². The number of carbonyl (C=O) groups excluding carboxylic acids is 1. The Morgan fingerprint density at radius 2 is 1.96 bits per heavy atom. The highest BCUT2D eigenvalue weighted by molar-refractivity contribution is 6.30. The van der Waals surface area contributed by atoms with E-state index in [9.17, 15) is 18.0 Å². The zero-order valence-corrected chi connectivity index (χ0v) is 13.8. The van der Waals surface area contributed by atoms with Crippen LogP contribution in [0.1, 0.15) is 21.5 Å². The number of Topliss-reactive ketones (excluding diaryl/α,β-unsaturated/α-hetero) is 1. The molecule has 0 spiro atoms. The number of H-pyrrole nitrogens is 1. The number of alkyl halides is 3. The molecule has 0 atom stereocenters. The zero-order chi connectivity index (χ0) is 18.2. The number of hydrogen-bond donors (Lipinski definition) is 1. The summed E-state index contributed by atoms with van der Waals surface area (Å²) in [5.74, 6) is 0.142. The van der Waals surface area contributed by atoms with Crippen LogP contribution in [0.25, 0.3) is 10.9 Å². The number of carbonyl (C=O) groups is 1. The molecule has 1 N–H and O–H groups in total. The van der Waals surface area contributed by atoms with E-state index in [-0.39, 0.29) is 23.2 Å². The van der Waals surface area contributed by atoms with Crippen molar-refractivity contribution in [3.05, 3.63) is 64.3 Å². The second-order valence-corrected chi connectivity index (χ2v) is 5.95. The summed E-state index contributed by atoms with van der Waals surface area (Å²) < 4.78 is 43.9. The van der Waals surface area contributed by atoms with Crippen LogP contribution < -0.4 is 4.74 Å². The van der Waals surface area contributed by atoms with Crippen LogP contribution in [0.3, 0.4) is 0 Å². The largest absolute Gasteiger partial charge is 0.496 e. The first-order valence-electron chi connectivity index (χ1n) is 7.33. The highest BCUT2D eigenvalue weighted by Gasteiger charge is 2.31. The average molecular weight is 368 g/mol. The average Bonchev–Trinajstić information content (AvgIpc) is 2.98. The van der Waals surface area contributed by atoms with Gasteiger partial charge in [0.2, 0.25) is 0 Å². The monoisotopic (exact) mass is 367 g/mol. The Morgan fingerprint density at radius 3 is 2.64 bits per heavy atom. The van der Waals surface area contributed by atoms with Crippen molar-refractivity contribution < 1.29 is 22.7 Å². The van der Waals surface area contributed by atoms with Crippen molar-refractivity contribution in [2.24, 2.45) is 0 Å². The summed E-state index contributed by atoms with van der Waals surface area (Å²) in [6.07, 6.45) is -3.05. The Hall–Kier alpha value is -2.47. The molecule has 130 valence electrons. The molecule has 0 aliphatic rings. The van der Waals surface area contributed by atoms with E-state index in [1.54, 1.807) is 18.2 Å². The van der Waals surface area contributed by atoms with Crippen LogP contribution >= 0.6 is 11.6 Å². The van der Waals surface area contributed by atoms with Gasteiger partial charge in [0.15, 0.2) is 5.78 Å². The quantitative estimate of drug-likeness (QED) is 0.638. The van der Waals surface area contributed by atoms with E-state index < -0.39 is 11.7 Å². The van der Waals surface area contributed by atoms with Gasteiger partial charge in [0.05, 0.1) is 12.7 Å². The second kappa shape index (κ2) is 6.44. The molecule has 0 bridgehead atoms. The van der Waals surface area contributed by atoms with E-state index in [0.29, 0.717) is 21.9 Å². The summed E-state index contributed by atoms with van der Waals surface area (Å²) >= 11 is 5.89. The molecule has 25 heavy (non-hydrogen) atoms. The molecule has 0 unspecified atom stereocenters. The van der Waals surface area contributed by atoms with Crippen molar-refractivity contribution in [1.82, 2.24) is 4.98 Å². The Morgan fingerprint density at radius 1 is 1.20 bits per heavy atom. The van der Waals surface area contributed by atoms with Crippen molar-refractivity contribution in [3.63, 3.8) is 0 Å². The predicted molar refractivity (Wildman–Crippen MR) is 89.3 cm³/mol. The number of fused-ring (bicyclic) bond motifs is 1. The molecule has 1 aromatic heterocycles. The Labute approximate surface area is 146 Å². The van der Waals surface area contributed by atoms with Gasteiger partial charge in [0.1, 0.15) is 5.75 Å². The molecule has 0 saturated heterocycles. The topological polar surface area (TPSA) is 42.1 Å². The minimum atomic E-state index is -4.47. The molecule has 0 radical (unpaired) electrons. The van der Waals surface area contributed by atoms with Crippen molar-refractivity contribution >= 4 is 28.3 Å². The predicted octanol–water partition coefficient (Wildman–Crippen LogP) is 5.27. The molecule has 0 amide bonds. The van der Waals surface area contributed by atoms with E-state index in [1.165, 1.54) is 19.4 Å². The van der Waals surface area contributed by atoms with Crippen LogP contribution in [0.15, 0.2) is 42.6 Å². The first-order valence-corrected chi connectivity index (χ1v) is 7.71. The Bertz CT molecular complexity index is 947. The number of methoxy groups -OCH3 is 1. The van der Waals surface area contributed by atoms with Crippen molar-refractivity contribution in [2.45, 2.75) is 12.6 Å². The molecule has 0 fully saturated rings. The van der Waals surface area contributed by atoms with Crippen LogP contribution in [0.5, 0.6) is 5.75 Å².